The summed E-state index contributed by atoms with van der Waals surface area (Å²) in [4.78, 5) is 4.35. The molecule has 0 saturated heterocycles. The topological polar surface area (TPSA) is 48.1 Å². The summed E-state index contributed by atoms with van der Waals surface area (Å²) in [5.74, 6) is 0. The van der Waals surface area contributed by atoms with Gasteiger partial charge in [0.15, 0.2) is 0 Å². The van der Waals surface area contributed by atoms with Gasteiger partial charge >= 0.3 is 0 Å². The van der Waals surface area contributed by atoms with E-state index in [1.54, 1.807) is 0 Å². The van der Waals surface area contributed by atoms with E-state index in [9.17, 15) is 0 Å². The molecule has 1 heterocycles. The van der Waals surface area contributed by atoms with E-state index in [4.69, 9.17) is 10.5 Å². The average Bonchev–Trinajstić information content (AvgIpc) is 2.14. The quantitative estimate of drug-likeness (QED) is 0.824. The second kappa shape index (κ2) is 5.24. The number of rotatable bonds is 4. The molecule has 0 aliphatic carbocycles. The first-order chi connectivity index (χ1) is 7.00. The van der Waals surface area contributed by atoms with Crippen LogP contribution in [0.2, 0.25) is 0 Å². The molecular weight excluding hydrogens is 188 g/mol. The van der Waals surface area contributed by atoms with Crippen molar-refractivity contribution in [2.45, 2.75) is 39.8 Å². The molecular formula is C12H20N2O. The zero-order valence-corrected chi connectivity index (χ0v) is 9.95. The van der Waals surface area contributed by atoms with Crippen molar-refractivity contribution < 1.29 is 4.74 Å². The molecule has 0 aliphatic rings. The maximum absolute atomic E-state index is 6.01. The molecule has 0 spiro atoms. The largest absolute Gasteiger partial charge is 0.377 e. The van der Waals surface area contributed by atoms with Gasteiger partial charge in [-0.3, -0.25) is 4.98 Å². The molecule has 84 valence electrons. The van der Waals surface area contributed by atoms with E-state index in [2.05, 4.69) is 11.1 Å². The molecule has 0 saturated carbocycles. The van der Waals surface area contributed by atoms with Crippen molar-refractivity contribution in [1.29, 1.82) is 0 Å². The summed E-state index contributed by atoms with van der Waals surface area (Å²) in [5.41, 5.74) is 9.23. The lowest BCUT2D eigenvalue weighted by Crippen LogP contribution is -2.21. The third kappa shape index (κ3) is 3.61. The molecule has 1 aromatic rings. The van der Waals surface area contributed by atoms with Crippen LogP contribution in [0.25, 0.3) is 0 Å². The van der Waals surface area contributed by atoms with Crippen molar-refractivity contribution in [1.82, 2.24) is 4.98 Å². The minimum absolute atomic E-state index is 0.131. The second-order valence-electron chi connectivity index (χ2n) is 4.20. The predicted molar refractivity (Wildman–Crippen MR) is 61.7 cm³/mol. The van der Waals surface area contributed by atoms with Gasteiger partial charge in [-0.2, -0.15) is 0 Å². The van der Waals surface area contributed by atoms with Gasteiger partial charge in [0.25, 0.3) is 0 Å². The maximum Gasteiger partial charge on any atom is 0.0710 e. The average molecular weight is 208 g/mol. The van der Waals surface area contributed by atoms with Crippen molar-refractivity contribution in [3.8, 4) is 0 Å². The monoisotopic (exact) mass is 208 g/mol. The maximum atomic E-state index is 6.01. The van der Waals surface area contributed by atoms with Gasteiger partial charge in [-0.15, -0.1) is 0 Å². The number of aryl methyl sites for hydroxylation is 2. The Bertz CT molecular complexity index is 323. The third-order valence-electron chi connectivity index (χ3n) is 2.22. The molecule has 1 aromatic heterocycles. The number of nitrogens with two attached hydrogens (primary N) is 1. The lowest BCUT2D eigenvalue weighted by molar-refractivity contribution is 0.0675. The highest BCUT2D eigenvalue weighted by atomic mass is 16.5. The molecule has 15 heavy (non-hydrogen) atoms. The van der Waals surface area contributed by atoms with Crippen LogP contribution in [0, 0.1) is 13.8 Å². The second-order valence-corrected chi connectivity index (χ2v) is 4.20. The molecule has 1 rings (SSSR count). The number of hydrogen-bond donors (Lipinski definition) is 1. The van der Waals surface area contributed by atoms with Crippen LogP contribution in [0.1, 0.15) is 36.7 Å². The van der Waals surface area contributed by atoms with Crippen LogP contribution >= 0.6 is 0 Å². The highest BCUT2D eigenvalue weighted by Crippen LogP contribution is 2.14. The van der Waals surface area contributed by atoms with Crippen molar-refractivity contribution in [2.75, 3.05) is 6.61 Å². The number of nitrogens with zero attached hydrogens (tertiary/aromatic N) is 1. The van der Waals surface area contributed by atoms with Crippen molar-refractivity contribution in [3.63, 3.8) is 0 Å². The van der Waals surface area contributed by atoms with Crippen LogP contribution in [0.3, 0.4) is 0 Å². The van der Waals surface area contributed by atoms with E-state index in [0.717, 1.165) is 16.8 Å². The zero-order valence-electron chi connectivity index (χ0n) is 9.95. The van der Waals surface area contributed by atoms with Crippen molar-refractivity contribution >= 4 is 0 Å². The molecule has 3 nitrogen and oxygen atoms in total. The van der Waals surface area contributed by atoms with Gasteiger partial charge < -0.3 is 10.5 Å². The van der Waals surface area contributed by atoms with Crippen LogP contribution < -0.4 is 5.73 Å². The van der Waals surface area contributed by atoms with E-state index in [-0.39, 0.29) is 12.1 Å². The van der Waals surface area contributed by atoms with Gasteiger partial charge in [-0.25, -0.2) is 0 Å². The van der Waals surface area contributed by atoms with Crippen LogP contribution in [0.15, 0.2) is 12.3 Å². The normalized spacial score (nSPS) is 13.2. The zero-order chi connectivity index (χ0) is 11.4. The SMILES string of the molecule is Cc1cnc(C(N)COC(C)C)c(C)c1. The lowest BCUT2D eigenvalue weighted by atomic mass is 10.1. The molecule has 1 atom stereocenters. The van der Waals surface area contributed by atoms with E-state index < -0.39 is 0 Å². The van der Waals surface area contributed by atoms with Gasteiger partial charge in [-0.1, -0.05) is 6.07 Å². The molecule has 2 N–H and O–H groups in total. The van der Waals surface area contributed by atoms with Crippen molar-refractivity contribution in [2.24, 2.45) is 5.73 Å². The fraction of sp³-hybridized carbons (Fsp3) is 0.583. The molecule has 0 radical (unpaired) electrons. The van der Waals surface area contributed by atoms with Gasteiger partial charge in [0, 0.05) is 6.20 Å². The third-order valence-corrected chi connectivity index (χ3v) is 2.22. The summed E-state index contributed by atoms with van der Waals surface area (Å²) in [6, 6.07) is 1.96. The van der Waals surface area contributed by atoms with Crippen molar-refractivity contribution in [3.05, 3.63) is 29.1 Å². The lowest BCUT2D eigenvalue weighted by Gasteiger charge is -2.16. The Balaban J connectivity index is 2.69. The summed E-state index contributed by atoms with van der Waals surface area (Å²) in [5, 5.41) is 0. The standard InChI is InChI=1S/C12H20N2O/c1-8(2)15-7-11(13)12-10(4)5-9(3)6-14-12/h5-6,8,11H,7,13H2,1-4H3. The number of hydrogen-bond acceptors (Lipinski definition) is 3. The van der Waals surface area contributed by atoms with E-state index in [0.29, 0.717) is 6.61 Å². The van der Waals surface area contributed by atoms with Gasteiger partial charge in [-0.05, 0) is 38.8 Å². The summed E-state index contributed by atoms with van der Waals surface area (Å²) in [6.07, 6.45) is 2.05. The fourth-order valence-electron chi connectivity index (χ4n) is 1.49. The molecule has 1 unspecified atom stereocenters. The Morgan fingerprint density at radius 2 is 2.07 bits per heavy atom. The molecule has 0 aromatic carbocycles. The number of ether oxygens (including phenoxy) is 1. The Morgan fingerprint density at radius 1 is 1.40 bits per heavy atom. The Labute approximate surface area is 91.7 Å². The minimum atomic E-state index is -0.131. The number of aromatic nitrogens is 1. The van der Waals surface area contributed by atoms with Gasteiger partial charge in [0.2, 0.25) is 0 Å². The molecule has 0 amide bonds. The van der Waals surface area contributed by atoms with Crippen LogP contribution in [0.4, 0.5) is 0 Å². The fourth-order valence-corrected chi connectivity index (χ4v) is 1.49. The van der Waals surface area contributed by atoms with Crippen LogP contribution in [-0.2, 0) is 4.74 Å². The first kappa shape index (κ1) is 12.1. The highest BCUT2D eigenvalue weighted by Gasteiger charge is 2.11. The number of pyridine rings is 1. The van der Waals surface area contributed by atoms with E-state index >= 15 is 0 Å². The Morgan fingerprint density at radius 3 is 2.60 bits per heavy atom. The Hall–Kier alpha value is -0.930. The Kier molecular flexibility index (Phi) is 4.24. The van der Waals surface area contributed by atoms with Crippen LogP contribution in [-0.4, -0.2) is 17.7 Å². The van der Waals surface area contributed by atoms with Gasteiger partial charge in [0.1, 0.15) is 0 Å². The first-order valence-electron chi connectivity index (χ1n) is 5.31. The summed E-state index contributed by atoms with van der Waals surface area (Å²) in [6.45, 7) is 8.59. The van der Waals surface area contributed by atoms with Gasteiger partial charge in [0.05, 0.1) is 24.4 Å². The minimum Gasteiger partial charge on any atom is -0.377 e. The first-order valence-corrected chi connectivity index (χ1v) is 5.31. The summed E-state index contributed by atoms with van der Waals surface area (Å²) < 4.78 is 5.48. The summed E-state index contributed by atoms with van der Waals surface area (Å²) >= 11 is 0. The highest BCUT2D eigenvalue weighted by molar-refractivity contribution is 5.25. The predicted octanol–water partition coefficient (Wildman–Crippen LogP) is 2.12. The molecule has 0 fully saturated rings. The molecule has 3 heteroatoms. The summed E-state index contributed by atoms with van der Waals surface area (Å²) in [7, 11) is 0. The van der Waals surface area contributed by atoms with Crippen LogP contribution in [0.5, 0.6) is 0 Å². The molecule has 0 bridgehead atoms. The molecule has 0 aliphatic heterocycles. The smallest absolute Gasteiger partial charge is 0.0710 e. The van der Waals surface area contributed by atoms with E-state index in [1.807, 2.05) is 33.9 Å². The van der Waals surface area contributed by atoms with E-state index in [1.165, 1.54) is 0 Å².